The van der Waals surface area contributed by atoms with Crippen LogP contribution in [0.2, 0.25) is 0 Å². The monoisotopic (exact) mass is 279 g/mol. The minimum absolute atomic E-state index is 0.320. The van der Waals surface area contributed by atoms with Gasteiger partial charge in [-0.15, -0.1) is 0 Å². The van der Waals surface area contributed by atoms with Crippen LogP contribution in [0.1, 0.15) is 15.9 Å². The Labute approximate surface area is 121 Å². The zero-order valence-corrected chi connectivity index (χ0v) is 10.9. The van der Waals surface area contributed by atoms with Crippen molar-refractivity contribution in [3.8, 4) is 11.5 Å². The van der Waals surface area contributed by atoms with Crippen molar-refractivity contribution in [1.82, 2.24) is 0 Å². The third kappa shape index (κ3) is 2.52. The van der Waals surface area contributed by atoms with E-state index in [2.05, 4.69) is 4.85 Å². The molecule has 0 fully saturated rings. The first kappa shape index (κ1) is 13.4. The van der Waals surface area contributed by atoms with Crippen LogP contribution in [0, 0.1) is 6.57 Å². The van der Waals surface area contributed by atoms with E-state index in [0.29, 0.717) is 35.6 Å². The summed E-state index contributed by atoms with van der Waals surface area (Å²) in [5, 5.41) is 9.56. The SMILES string of the molecule is [C-]#[N+]c1ccc(Oc2ccc3c(c2)COB3O)c(C=O)c1. The molecule has 5 nitrogen and oxygen atoms in total. The summed E-state index contributed by atoms with van der Waals surface area (Å²) >= 11 is 0. The summed E-state index contributed by atoms with van der Waals surface area (Å²) in [5.74, 6) is 0.932. The number of fused-ring (bicyclic) bond motifs is 1. The first-order valence-corrected chi connectivity index (χ1v) is 6.28. The highest BCUT2D eigenvalue weighted by Crippen LogP contribution is 2.28. The van der Waals surface area contributed by atoms with Gasteiger partial charge in [-0.1, -0.05) is 12.1 Å². The van der Waals surface area contributed by atoms with Crippen LogP contribution in [0.4, 0.5) is 5.69 Å². The quantitative estimate of drug-likeness (QED) is 0.530. The van der Waals surface area contributed by atoms with Gasteiger partial charge in [0.1, 0.15) is 11.5 Å². The van der Waals surface area contributed by atoms with Gasteiger partial charge in [0.2, 0.25) is 0 Å². The van der Waals surface area contributed by atoms with Crippen molar-refractivity contribution in [3.63, 3.8) is 0 Å². The molecule has 6 heteroatoms. The second-order valence-corrected chi connectivity index (χ2v) is 4.58. The Balaban J connectivity index is 1.91. The summed E-state index contributed by atoms with van der Waals surface area (Å²) in [6.07, 6.45) is 0.657. The molecule has 21 heavy (non-hydrogen) atoms. The van der Waals surface area contributed by atoms with Crippen molar-refractivity contribution in [1.29, 1.82) is 0 Å². The number of carbonyl (C=O) groups excluding carboxylic acids is 1. The largest absolute Gasteiger partial charge is 0.491 e. The van der Waals surface area contributed by atoms with Crippen LogP contribution in [-0.2, 0) is 11.3 Å². The summed E-state index contributed by atoms with van der Waals surface area (Å²) in [7, 11) is -0.891. The van der Waals surface area contributed by atoms with E-state index < -0.39 is 7.12 Å². The lowest BCUT2D eigenvalue weighted by Crippen LogP contribution is -2.27. The molecule has 0 aliphatic carbocycles. The molecule has 0 atom stereocenters. The Hall–Kier alpha value is -2.62. The van der Waals surface area contributed by atoms with Crippen molar-refractivity contribution in [2.24, 2.45) is 0 Å². The maximum Gasteiger partial charge on any atom is 0.491 e. The first-order valence-electron chi connectivity index (χ1n) is 6.28. The number of hydrogen-bond donors (Lipinski definition) is 1. The highest BCUT2D eigenvalue weighted by molar-refractivity contribution is 6.61. The van der Waals surface area contributed by atoms with E-state index in [4.69, 9.17) is 16.0 Å². The molecule has 0 saturated heterocycles. The fourth-order valence-corrected chi connectivity index (χ4v) is 2.19. The molecule has 0 amide bonds. The van der Waals surface area contributed by atoms with Gasteiger partial charge in [0.05, 0.1) is 13.2 Å². The number of ether oxygens (including phenoxy) is 1. The van der Waals surface area contributed by atoms with E-state index in [1.165, 1.54) is 6.07 Å². The highest BCUT2D eigenvalue weighted by atomic mass is 16.5. The van der Waals surface area contributed by atoms with Crippen LogP contribution in [0.3, 0.4) is 0 Å². The van der Waals surface area contributed by atoms with Gasteiger partial charge in [-0.05, 0) is 35.3 Å². The third-order valence-corrected chi connectivity index (χ3v) is 3.25. The number of carbonyl (C=O) groups is 1. The van der Waals surface area contributed by atoms with E-state index in [0.717, 1.165) is 11.0 Å². The van der Waals surface area contributed by atoms with Crippen LogP contribution >= 0.6 is 0 Å². The van der Waals surface area contributed by atoms with Gasteiger partial charge in [0.15, 0.2) is 12.0 Å². The van der Waals surface area contributed by atoms with E-state index >= 15 is 0 Å². The maximum atomic E-state index is 11.1. The van der Waals surface area contributed by atoms with E-state index in [1.54, 1.807) is 30.3 Å². The molecular weight excluding hydrogens is 269 g/mol. The Morgan fingerprint density at radius 3 is 2.95 bits per heavy atom. The summed E-state index contributed by atoms with van der Waals surface area (Å²) in [5.41, 5.74) is 2.28. The molecule has 1 aliphatic rings. The predicted octanol–water partition coefficient (Wildman–Crippen LogP) is 2.06. The van der Waals surface area contributed by atoms with Crippen LogP contribution < -0.4 is 10.2 Å². The van der Waals surface area contributed by atoms with Gasteiger partial charge in [-0.2, -0.15) is 0 Å². The normalized spacial score (nSPS) is 12.7. The Morgan fingerprint density at radius 1 is 1.33 bits per heavy atom. The van der Waals surface area contributed by atoms with Gasteiger partial charge in [0.25, 0.3) is 0 Å². The first-order chi connectivity index (χ1) is 10.2. The van der Waals surface area contributed by atoms with Crippen LogP contribution in [0.25, 0.3) is 4.85 Å². The van der Waals surface area contributed by atoms with Gasteiger partial charge in [0, 0.05) is 5.56 Å². The minimum atomic E-state index is -0.891. The highest BCUT2D eigenvalue weighted by Gasteiger charge is 2.27. The summed E-state index contributed by atoms with van der Waals surface area (Å²) in [6, 6.07) is 9.87. The molecule has 0 aromatic heterocycles. The average Bonchev–Trinajstić information content (AvgIpc) is 2.88. The van der Waals surface area contributed by atoms with Gasteiger partial charge >= 0.3 is 7.12 Å². The average molecular weight is 279 g/mol. The number of benzene rings is 2. The van der Waals surface area contributed by atoms with Crippen LogP contribution in [0.15, 0.2) is 36.4 Å². The van der Waals surface area contributed by atoms with Crippen LogP contribution in [0.5, 0.6) is 11.5 Å². The van der Waals surface area contributed by atoms with Crippen molar-refractivity contribution >= 4 is 24.6 Å². The van der Waals surface area contributed by atoms with Crippen molar-refractivity contribution in [2.45, 2.75) is 6.61 Å². The van der Waals surface area contributed by atoms with Gasteiger partial charge in [-0.25, -0.2) is 4.85 Å². The smallest absolute Gasteiger partial charge is 0.457 e. The van der Waals surface area contributed by atoms with E-state index in [-0.39, 0.29) is 0 Å². The van der Waals surface area contributed by atoms with Gasteiger partial charge < -0.3 is 14.4 Å². The molecule has 1 aliphatic heterocycles. The molecule has 2 aromatic rings. The lowest BCUT2D eigenvalue weighted by atomic mass is 9.80. The lowest BCUT2D eigenvalue weighted by Gasteiger charge is -2.09. The number of rotatable bonds is 3. The fourth-order valence-electron chi connectivity index (χ4n) is 2.19. The summed E-state index contributed by atoms with van der Waals surface area (Å²) in [4.78, 5) is 14.4. The molecular formula is C15H10BNO4. The van der Waals surface area contributed by atoms with E-state index in [9.17, 15) is 9.82 Å². The fraction of sp³-hybridized carbons (Fsp3) is 0.0667. The molecule has 1 N–H and O–H groups in total. The Morgan fingerprint density at radius 2 is 2.19 bits per heavy atom. The summed E-state index contributed by atoms with van der Waals surface area (Å²) < 4.78 is 10.8. The summed E-state index contributed by atoms with van der Waals surface area (Å²) in [6.45, 7) is 7.26. The second kappa shape index (κ2) is 5.41. The Kier molecular flexibility index (Phi) is 3.44. The van der Waals surface area contributed by atoms with Gasteiger partial charge in [-0.3, -0.25) is 4.79 Å². The zero-order chi connectivity index (χ0) is 14.8. The van der Waals surface area contributed by atoms with Crippen molar-refractivity contribution < 1.29 is 19.2 Å². The molecule has 102 valence electrons. The predicted molar refractivity (Wildman–Crippen MR) is 77.0 cm³/mol. The molecule has 0 saturated carbocycles. The minimum Gasteiger partial charge on any atom is -0.457 e. The second-order valence-electron chi connectivity index (χ2n) is 4.58. The molecule has 1 heterocycles. The number of nitrogens with zero attached hydrogens (tertiary/aromatic N) is 1. The van der Waals surface area contributed by atoms with Crippen molar-refractivity contribution in [2.75, 3.05) is 0 Å². The lowest BCUT2D eigenvalue weighted by molar-refractivity contribution is 0.112. The molecule has 0 spiro atoms. The molecule has 0 radical (unpaired) electrons. The molecule has 0 unspecified atom stereocenters. The van der Waals surface area contributed by atoms with Crippen molar-refractivity contribution in [3.05, 3.63) is 58.9 Å². The topological polar surface area (TPSA) is 60.1 Å². The molecule has 2 aromatic carbocycles. The number of aldehydes is 1. The number of hydrogen-bond acceptors (Lipinski definition) is 4. The maximum absolute atomic E-state index is 11.1. The molecule has 0 bridgehead atoms. The third-order valence-electron chi connectivity index (χ3n) is 3.25. The molecule has 3 rings (SSSR count). The zero-order valence-electron chi connectivity index (χ0n) is 10.9. The standard InChI is InChI=1S/C15H10BNO4/c1-17-12-2-5-15(10(6-12)8-18)21-13-3-4-14-11(7-13)9-20-16(14)19/h2-8,19H,9H2. The van der Waals surface area contributed by atoms with E-state index in [1.807, 2.05) is 0 Å². The Bertz CT molecular complexity index is 754. The van der Waals surface area contributed by atoms with Crippen LogP contribution in [-0.4, -0.2) is 18.4 Å².